The molecule has 102 valence electrons. The minimum absolute atomic E-state index is 0.0476. The minimum atomic E-state index is -0.519. The largest absolute Gasteiger partial charge is 0.386 e. The fraction of sp³-hybridized carbons (Fsp3) is 0.438. The van der Waals surface area contributed by atoms with Crippen molar-refractivity contribution in [2.75, 3.05) is 0 Å². The van der Waals surface area contributed by atoms with E-state index in [1.165, 1.54) is 5.56 Å². The predicted octanol–water partition coefficient (Wildman–Crippen LogP) is 4.03. The topological polar surface area (TPSA) is 33.1 Å². The maximum absolute atomic E-state index is 10.3. The number of rotatable bonds is 3. The summed E-state index contributed by atoms with van der Waals surface area (Å²) >= 11 is 1.63. The van der Waals surface area contributed by atoms with Crippen LogP contribution in [0.15, 0.2) is 29.6 Å². The monoisotopic (exact) mass is 275 g/mol. The zero-order chi connectivity index (χ0) is 14.0. The van der Waals surface area contributed by atoms with Gasteiger partial charge in [-0.2, -0.15) is 0 Å². The third-order valence-electron chi connectivity index (χ3n) is 3.02. The second-order valence-electron chi connectivity index (χ2n) is 6.04. The smallest absolute Gasteiger partial charge is 0.101 e. The lowest BCUT2D eigenvalue weighted by atomic mass is 9.98. The molecule has 0 aliphatic rings. The first-order valence-electron chi connectivity index (χ1n) is 6.56. The Kier molecular flexibility index (Phi) is 4.07. The molecule has 1 unspecified atom stereocenters. The van der Waals surface area contributed by atoms with Gasteiger partial charge in [0.2, 0.25) is 0 Å². The molecule has 1 aromatic carbocycles. The summed E-state index contributed by atoms with van der Waals surface area (Å²) in [5, 5.41) is 13.3. The van der Waals surface area contributed by atoms with Crippen LogP contribution in [0.25, 0.3) is 0 Å². The fourth-order valence-electron chi connectivity index (χ4n) is 1.95. The van der Waals surface area contributed by atoms with Crippen LogP contribution in [0.1, 0.15) is 48.7 Å². The first-order chi connectivity index (χ1) is 8.86. The normalized spacial score (nSPS) is 13.5. The van der Waals surface area contributed by atoms with Crippen molar-refractivity contribution >= 4 is 11.3 Å². The van der Waals surface area contributed by atoms with Crippen molar-refractivity contribution < 1.29 is 5.11 Å². The summed E-state index contributed by atoms with van der Waals surface area (Å²) in [5.41, 5.74) is 3.21. The summed E-state index contributed by atoms with van der Waals surface area (Å²) < 4.78 is 0. The number of aryl methyl sites for hydroxylation is 1. The summed E-state index contributed by atoms with van der Waals surface area (Å²) in [6.07, 6.45) is 0.101. The van der Waals surface area contributed by atoms with Crippen LogP contribution in [0, 0.1) is 6.92 Å². The molecule has 0 saturated carbocycles. The van der Waals surface area contributed by atoms with Crippen LogP contribution in [0.3, 0.4) is 0 Å². The zero-order valence-corrected chi connectivity index (χ0v) is 12.8. The molecule has 1 atom stereocenters. The highest BCUT2D eigenvalue weighted by molar-refractivity contribution is 7.09. The SMILES string of the molecule is Cc1cccc(CC(O)c2csc(C(C)(C)C)n2)c1. The van der Waals surface area contributed by atoms with Crippen LogP contribution in [0.2, 0.25) is 0 Å². The summed E-state index contributed by atoms with van der Waals surface area (Å²) in [7, 11) is 0. The number of hydrogen-bond acceptors (Lipinski definition) is 3. The Morgan fingerprint density at radius 3 is 2.63 bits per heavy atom. The second kappa shape index (κ2) is 5.43. The van der Waals surface area contributed by atoms with Gasteiger partial charge in [-0.1, -0.05) is 50.6 Å². The highest BCUT2D eigenvalue weighted by atomic mass is 32.1. The van der Waals surface area contributed by atoms with Gasteiger partial charge in [-0.3, -0.25) is 0 Å². The number of benzene rings is 1. The third kappa shape index (κ3) is 3.64. The third-order valence-corrected chi connectivity index (χ3v) is 4.30. The van der Waals surface area contributed by atoms with Crippen molar-refractivity contribution in [3.63, 3.8) is 0 Å². The van der Waals surface area contributed by atoms with Gasteiger partial charge in [0.15, 0.2) is 0 Å². The summed E-state index contributed by atoms with van der Waals surface area (Å²) in [6, 6.07) is 8.25. The second-order valence-corrected chi connectivity index (χ2v) is 6.89. The lowest BCUT2D eigenvalue weighted by molar-refractivity contribution is 0.174. The van der Waals surface area contributed by atoms with E-state index in [2.05, 4.69) is 44.8 Å². The van der Waals surface area contributed by atoms with E-state index in [0.717, 1.165) is 16.3 Å². The Morgan fingerprint density at radius 1 is 1.32 bits per heavy atom. The van der Waals surface area contributed by atoms with Gasteiger partial charge in [0.25, 0.3) is 0 Å². The Morgan fingerprint density at radius 2 is 2.05 bits per heavy atom. The Labute approximate surface area is 119 Å². The molecule has 1 N–H and O–H groups in total. The van der Waals surface area contributed by atoms with Crippen molar-refractivity contribution in [3.8, 4) is 0 Å². The van der Waals surface area contributed by atoms with Crippen molar-refractivity contribution in [2.45, 2.75) is 45.6 Å². The maximum atomic E-state index is 10.3. The summed E-state index contributed by atoms with van der Waals surface area (Å²) in [6.45, 7) is 8.49. The minimum Gasteiger partial charge on any atom is -0.386 e. The van der Waals surface area contributed by atoms with Gasteiger partial charge < -0.3 is 5.11 Å². The highest BCUT2D eigenvalue weighted by Gasteiger charge is 2.20. The highest BCUT2D eigenvalue weighted by Crippen LogP contribution is 2.28. The maximum Gasteiger partial charge on any atom is 0.101 e. The molecule has 1 aromatic heterocycles. The average Bonchev–Trinajstić information content (AvgIpc) is 2.77. The van der Waals surface area contributed by atoms with E-state index >= 15 is 0 Å². The van der Waals surface area contributed by atoms with E-state index in [9.17, 15) is 5.11 Å². The van der Waals surface area contributed by atoms with Crippen molar-refractivity contribution in [1.29, 1.82) is 0 Å². The number of aromatic nitrogens is 1. The molecule has 0 aliphatic carbocycles. The van der Waals surface area contributed by atoms with Crippen LogP contribution in [0.5, 0.6) is 0 Å². The van der Waals surface area contributed by atoms with Crippen LogP contribution < -0.4 is 0 Å². The van der Waals surface area contributed by atoms with Gasteiger partial charge in [-0.25, -0.2) is 4.98 Å². The number of hydrogen-bond donors (Lipinski definition) is 1. The van der Waals surface area contributed by atoms with Crippen molar-refractivity contribution in [2.24, 2.45) is 0 Å². The molecule has 3 heteroatoms. The molecule has 0 saturated heterocycles. The average molecular weight is 275 g/mol. The summed E-state index contributed by atoms with van der Waals surface area (Å²) in [4.78, 5) is 4.57. The molecule has 0 radical (unpaired) electrons. The molecule has 0 bridgehead atoms. The van der Waals surface area contributed by atoms with E-state index in [1.807, 2.05) is 17.5 Å². The predicted molar refractivity (Wildman–Crippen MR) is 80.7 cm³/mol. The molecule has 19 heavy (non-hydrogen) atoms. The number of thiazole rings is 1. The number of aliphatic hydroxyl groups is 1. The molecule has 2 aromatic rings. The van der Waals surface area contributed by atoms with Crippen LogP contribution in [0.4, 0.5) is 0 Å². The molecule has 2 rings (SSSR count). The van der Waals surface area contributed by atoms with Crippen LogP contribution in [-0.4, -0.2) is 10.1 Å². The van der Waals surface area contributed by atoms with Gasteiger partial charge in [0.1, 0.15) is 6.10 Å². The molecule has 2 nitrogen and oxygen atoms in total. The van der Waals surface area contributed by atoms with Crippen molar-refractivity contribution in [3.05, 3.63) is 51.5 Å². The van der Waals surface area contributed by atoms with Gasteiger partial charge in [-0.15, -0.1) is 11.3 Å². The zero-order valence-electron chi connectivity index (χ0n) is 12.0. The van der Waals surface area contributed by atoms with E-state index in [1.54, 1.807) is 11.3 Å². The first kappa shape index (κ1) is 14.2. The van der Waals surface area contributed by atoms with Gasteiger partial charge in [0.05, 0.1) is 10.7 Å². The van der Waals surface area contributed by atoms with Gasteiger partial charge in [-0.05, 0) is 12.5 Å². The Balaban J connectivity index is 2.12. The Hall–Kier alpha value is -1.19. The van der Waals surface area contributed by atoms with E-state index < -0.39 is 6.10 Å². The quantitative estimate of drug-likeness (QED) is 0.917. The van der Waals surface area contributed by atoms with Crippen LogP contribution in [-0.2, 0) is 11.8 Å². The standard InChI is InChI=1S/C16H21NOS/c1-11-6-5-7-12(8-11)9-14(18)13-10-19-15(17-13)16(2,3)4/h5-8,10,14,18H,9H2,1-4H3. The lowest BCUT2D eigenvalue weighted by Crippen LogP contribution is -2.11. The fourth-order valence-corrected chi connectivity index (χ4v) is 2.90. The lowest BCUT2D eigenvalue weighted by Gasteiger charge is -2.14. The van der Waals surface area contributed by atoms with Gasteiger partial charge >= 0.3 is 0 Å². The molecule has 1 heterocycles. The van der Waals surface area contributed by atoms with E-state index in [-0.39, 0.29) is 5.41 Å². The molecule has 0 fully saturated rings. The van der Waals surface area contributed by atoms with Gasteiger partial charge in [0, 0.05) is 17.2 Å². The molecular formula is C16H21NOS. The molecular weight excluding hydrogens is 254 g/mol. The van der Waals surface area contributed by atoms with Crippen molar-refractivity contribution in [1.82, 2.24) is 4.98 Å². The molecule has 0 spiro atoms. The Bertz CT molecular complexity index is 554. The summed E-state index contributed by atoms with van der Waals surface area (Å²) in [5.74, 6) is 0. The first-order valence-corrected chi connectivity index (χ1v) is 7.44. The molecule has 0 amide bonds. The van der Waals surface area contributed by atoms with E-state index in [0.29, 0.717) is 6.42 Å². The molecule has 0 aliphatic heterocycles. The van der Waals surface area contributed by atoms with Crippen LogP contribution >= 0.6 is 11.3 Å². The number of aliphatic hydroxyl groups excluding tert-OH is 1. The number of nitrogens with zero attached hydrogens (tertiary/aromatic N) is 1. The van der Waals surface area contributed by atoms with E-state index in [4.69, 9.17) is 0 Å².